The summed E-state index contributed by atoms with van der Waals surface area (Å²) in [5.41, 5.74) is 0. The molecule has 1 aromatic carbocycles. The lowest BCUT2D eigenvalue weighted by atomic mass is 10.3. The van der Waals surface area contributed by atoms with Crippen molar-refractivity contribution in [2.24, 2.45) is 0 Å². The highest BCUT2D eigenvalue weighted by atomic mass is 79.9. The molecule has 0 aliphatic heterocycles. The number of H-pyrrole nitrogens is 1. The lowest BCUT2D eigenvalue weighted by molar-refractivity contribution is 0.258. The molecule has 0 atom stereocenters. The Balaban J connectivity index is 2.10. The molecule has 0 spiro atoms. The summed E-state index contributed by atoms with van der Waals surface area (Å²) >= 11 is 6.72. The molecule has 1 heterocycles. The van der Waals surface area contributed by atoms with Crippen molar-refractivity contribution in [3.05, 3.63) is 43.6 Å². The normalized spacial score (nSPS) is 10.4. The van der Waals surface area contributed by atoms with Crippen LogP contribution in [-0.2, 0) is 6.61 Å². The molecule has 0 radical (unpaired) electrons. The van der Waals surface area contributed by atoms with E-state index in [0.717, 1.165) is 8.95 Å². The summed E-state index contributed by atoms with van der Waals surface area (Å²) in [6, 6.07) is 5.51. The third-order valence-corrected chi connectivity index (χ3v) is 3.76. The molecule has 0 saturated carbocycles. The van der Waals surface area contributed by atoms with Crippen LogP contribution in [0.1, 0.15) is 5.89 Å². The number of nitrogens with one attached hydrogen (secondary N) is 1. The summed E-state index contributed by atoms with van der Waals surface area (Å²) < 4.78 is 11.8. The van der Waals surface area contributed by atoms with Crippen molar-refractivity contribution < 1.29 is 9.15 Å². The lowest BCUT2D eigenvalue weighted by Crippen LogP contribution is -1.97. The first-order valence-electron chi connectivity index (χ1n) is 4.28. The Hall–Kier alpha value is -1.08. The van der Waals surface area contributed by atoms with E-state index >= 15 is 0 Å². The third-order valence-electron chi connectivity index (χ3n) is 1.75. The summed E-state index contributed by atoms with van der Waals surface area (Å²) in [5.74, 6) is 0.254. The van der Waals surface area contributed by atoms with Crippen molar-refractivity contribution >= 4 is 31.9 Å². The highest BCUT2D eigenvalue weighted by Crippen LogP contribution is 2.32. The molecule has 0 aliphatic rings. The molecule has 7 heteroatoms. The summed E-state index contributed by atoms with van der Waals surface area (Å²) in [4.78, 5) is 10.7. The minimum absolute atomic E-state index is 0.0911. The summed E-state index contributed by atoms with van der Waals surface area (Å²) in [6.45, 7) is 0.0911. The molecular formula is C9H6Br2N2O3. The summed E-state index contributed by atoms with van der Waals surface area (Å²) in [6.07, 6.45) is 0. The lowest BCUT2D eigenvalue weighted by Gasteiger charge is -2.06. The number of halogens is 2. The van der Waals surface area contributed by atoms with E-state index in [4.69, 9.17) is 9.15 Å². The van der Waals surface area contributed by atoms with Crippen molar-refractivity contribution in [3.63, 3.8) is 0 Å². The fraction of sp³-hybridized carbons (Fsp3) is 0.111. The first-order valence-corrected chi connectivity index (χ1v) is 5.86. The molecule has 84 valence electrons. The standard InChI is InChI=1S/C9H6Br2N2O3/c10-5-2-1-3-6(8(5)11)15-4-7-12-13-9(14)16-7/h1-3H,4H2,(H,13,14). The van der Waals surface area contributed by atoms with Crippen LogP contribution in [0.5, 0.6) is 5.75 Å². The van der Waals surface area contributed by atoms with Gasteiger partial charge in [-0.15, -0.1) is 5.10 Å². The highest BCUT2D eigenvalue weighted by Gasteiger charge is 2.07. The smallest absolute Gasteiger partial charge is 0.434 e. The Morgan fingerprint density at radius 3 is 2.94 bits per heavy atom. The zero-order valence-electron chi connectivity index (χ0n) is 7.87. The van der Waals surface area contributed by atoms with E-state index in [1.165, 1.54) is 0 Å². The zero-order valence-corrected chi connectivity index (χ0v) is 11.0. The van der Waals surface area contributed by atoms with Crippen LogP contribution < -0.4 is 10.5 Å². The average molecular weight is 350 g/mol. The van der Waals surface area contributed by atoms with Crippen LogP contribution in [0.25, 0.3) is 0 Å². The van der Waals surface area contributed by atoms with Gasteiger partial charge in [-0.05, 0) is 44.0 Å². The van der Waals surface area contributed by atoms with Gasteiger partial charge >= 0.3 is 5.76 Å². The second kappa shape index (κ2) is 4.84. The summed E-state index contributed by atoms with van der Waals surface area (Å²) in [7, 11) is 0. The Kier molecular flexibility index (Phi) is 3.45. The molecule has 16 heavy (non-hydrogen) atoms. The number of aromatic amines is 1. The largest absolute Gasteiger partial charge is 0.483 e. The van der Waals surface area contributed by atoms with Gasteiger partial charge in [0.15, 0.2) is 6.61 Å². The molecule has 0 fully saturated rings. The highest BCUT2D eigenvalue weighted by molar-refractivity contribution is 9.13. The molecule has 0 unspecified atom stereocenters. The molecule has 1 N–H and O–H groups in total. The van der Waals surface area contributed by atoms with E-state index in [1.807, 2.05) is 12.1 Å². The number of ether oxygens (including phenoxy) is 1. The molecule has 5 nitrogen and oxygen atoms in total. The topological polar surface area (TPSA) is 68.1 Å². The Morgan fingerprint density at radius 2 is 2.25 bits per heavy atom. The second-order valence-corrected chi connectivity index (χ2v) is 4.49. The zero-order chi connectivity index (χ0) is 11.5. The SMILES string of the molecule is O=c1[nH]nc(COc2cccc(Br)c2Br)o1. The predicted octanol–water partition coefficient (Wildman–Crippen LogP) is 2.47. The van der Waals surface area contributed by atoms with E-state index < -0.39 is 5.76 Å². The van der Waals surface area contributed by atoms with Crippen molar-refractivity contribution in [1.29, 1.82) is 0 Å². The Morgan fingerprint density at radius 1 is 1.44 bits per heavy atom. The summed E-state index contributed by atoms with van der Waals surface area (Å²) in [5, 5.41) is 5.78. The van der Waals surface area contributed by atoms with Crippen LogP contribution in [0.4, 0.5) is 0 Å². The number of aromatic nitrogens is 2. The van der Waals surface area contributed by atoms with Crippen LogP contribution in [0, 0.1) is 0 Å². The monoisotopic (exact) mass is 348 g/mol. The molecular weight excluding hydrogens is 344 g/mol. The fourth-order valence-corrected chi connectivity index (χ4v) is 1.78. The number of rotatable bonds is 3. The molecule has 2 aromatic rings. The van der Waals surface area contributed by atoms with Crippen molar-refractivity contribution in [3.8, 4) is 5.75 Å². The molecule has 0 amide bonds. The van der Waals surface area contributed by atoms with Crippen molar-refractivity contribution in [2.45, 2.75) is 6.61 Å². The van der Waals surface area contributed by atoms with Crippen molar-refractivity contribution in [2.75, 3.05) is 0 Å². The van der Waals surface area contributed by atoms with Gasteiger partial charge in [-0.1, -0.05) is 6.07 Å². The Bertz CT molecular complexity index is 550. The van der Waals surface area contributed by atoms with Gasteiger partial charge in [0.2, 0.25) is 0 Å². The molecule has 2 rings (SSSR count). The van der Waals surface area contributed by atoms with Gasteiger partial charge in [0.25, 0.3) is 5.89 Å². The van der Waals surface area contributed by atoms with Gasteiger partial charge < -0.3 is 9.15 Å². The van der Waals surface area contributed by atoms with Gasteiger partial charge in [0, 0.05) is 4.47 Å². The van der Waals surface area contributed by atoms with Gasteiger partial charge in [-0.3, -0.25) is 0 Å². The van der Waals surface area contributed by atoms with Gasteiger partial charge in [0.05, 0.1) is 4.47 Å². The van der Waals surface area contributed by atoms with Crippen LogP contribution >= 0.6 is 31.9 Å². The van der Waals surface area contributed by atoms with E-state index in [1.54, 1.807) is 6.07 Å². The van der Waals surface area contributed by atoms with Crippen LogP contribution in [0.2, 0.25) is 0 Å². The van der Waals surface area contributed by atoms with Crippen LogP contribution in [0.3, 0.4) is 0 Å². The van der Waals surface area contributed by atoms with Gasteiger partial charge in [0.1, 0.15) is 5.75 Å². The van der Waals surface area contributed by atoms with Gasteiger partial charge in [-0.25, -0.2) is 9.89 Å². The fourth-order valence-electron chi connectivity index (χ4n) is 1.06. The molecule has 0 bridgehead atoms. The maximum atomic E-state index is 10.7. The van der Waals surface area contributed by atoms with E-state index in [9.17, 15) is 4.79 Å². The number of nitrogens with zero attached hydrogens (tertiary/aromatic N) is 1. The molecule has 0 saturated heterocycles. The molecule has 1 aromatic heterocycles. The Labute approximate surface area is 107 Å². The van der Waals surface area contributed by atoms with E-state index in [-0.39, 0.29) is 12.5 Å². The number of benzene rings is 1. The van der Waals surface area contributed by atoms with Crippen LogP contribution in [-0.4, -0.2) is 10.2 Å². The van der Waals surface area contributed by atoms with Crippen molar-refractivity contribution in [1.82, 2.24) is 10.2 Å². The number of hydrogen-bond donors (Lipinski definition) is 1. The number of hydrogen-bond acceptors (Lipinski definition) is 4. The van der Waals surface area contributed by atoms with E-state index in [0.29, 0.717) is 5.75 Å². The first kappa shape index (κ1) is 11.4. The second-order valence-electron chi connectivity index (χ2n) is 2.85. The molecule has 0 aliphatic carbocycles. The minimum Gasteiger partial charge on any atom is -0.483 e. The predicted molar refractivity (Wildman–Crippen MR) is 63.3 cm³/mol. The average Bonchev–Trinajstić information content (AvgIpc) is 2.67. The third kappa shape index (κ3) is 2.53. The maximum Gasteiger partial charge on any atom is 0.434 e. The quantitative estimate of drug-likeness (QED) is 0.924. The minimum atomic E-state index is -0.591. The first-order chi connectivity index (χ1) is 7.66. The maximum absolute atomic E-state index is 10.7. The van der Waals surface area contributed by atoms with Gasteiger partial charge in [-0.2, -0.15) is 0 Å². The van der Waals surface area contributed by atoms with E-state index in [2.05, 4.69) is 42.1 Å². The van der Waals surface area contributed by atoms with Crippen LogP contribution in [0.15, 0.2) is 36.4 Å².